The van der Waals surface area contributed by atoms with Gasteiger partial charge in [-0.05, 0) is 25.7 Å². The SMILES string of the molecule is COCc1noc(CCNC(=O)C2CCN(C(=O)C3CCCC3)CC2)n1. The van der Waals surface area contributed by atoms with E-state index in [-0.39, 0.29) is 17.7 Å². The number of nitrogens with one attached hydrogen (secondary N) is 1. The predicted octanol–water partition coefficient (Wildman–Crippen LogP) is 1.30. The topological polar surface area (TPSA) is 97.6 Å². The van der Waals surface area contributed by atoms with Crippen LogP contribution in [0.5, 0.6) is 0 Å². The minimum atomic E-state index is -0.0191. The molecule has 2 aliphatic rings. The van der Waals surface area contributed by atoms with Crippen LogP contribution in [-0.4, -0.2) is 53.6 Å². The fraction of sp³-hybridized carbons (Fsp3) is 0.778. The number of hydrogen-bond acceptors (Lipinski definition) is 6. The van der Waals surface area contributed by atoms with Crippen molar-refractivity contribution in [3.05, 3.63) is 11.7 Å². The first-order valence-corrected chi connectivity index (χ1v) is 9.54. The van der Waals surface area contributed by atoms with Crippen LogP contribution in [0.15, 0.2) is 4.52 Å². The molecule has 1 saturated carbocycles. The highest BCUT2D eigenvalue weighted by atomic mass is 16.5. The van der Waals surface area contributed by atoms with Gasteiger partial charge in [0.05, 0.1) is 0 Å². The lowest BCUT2D eigenvalue weighted by atomic mass is 9.94. The predicted molar refractivity (Wildman–Crippen MR) is 93.0 cm³/mol. The molecule has 26 heavy (non-hydrogen) atoms. The summed E-state index contributed by atoms with van der Waals surface area (Å²) in [5.74, 6) is 1.55. The lowest BCUT2D eigenvalue weighted by Crippen LogP contribution is -2.45. The molecule has 1 N–H and O–H groups in total. The zero-order chi connectivity index (χ0) is 18.4. The maximum atomic E-state index is 12.4. The number of rotatable bonds is 7. The van der Waals surface area contributed by atoms with Gasteiger partial charge in [0, 0.05) is 45.0 Å². The van der Waals surface area contributed by atoms with E-state index in [4.69, 9.17) is 9.26 Å². The summed E-state index contributed by atoms with van der Waals surface area (Å²) in [5, 5.41) is 6.73. The third-order valence-electron chi connectivity index (χ3n) is 5.30. The van der Waals surface area contributed by atoms with Crippen molar-refractivity contribution in [1.29, 1.82) is 0 Å². The van der Waals surface area contributed by atoms with Crippen molar-refractivity contribution in [1.82, 2.24) is 20.4 Å². The van der Waals surface area contributed by atoms with Crippen LogP contribution >= 0.6 is 0 Å². The number of likely N-dealkylation sites (tertiary alicyclic amines) is 1. The Balaban J connectivity index is 1.36. The van der Waals surface area contributed by atoms with Crippen molar-refractivity contribution in [2.24, 2.45) is 11.8 Å². The molecular weight excluding hydrogens is 336 g/mol. The molecule has 1 aliphatic carbocycles. The van der Waals surface area contributed by atoms with Gasteiger partial charge in [-0.1, -0.05) is 18.0 Å². The highest BCUT2D eigenvalue weighted by Gasteiger charge is 2.31. The molecule has 144 valence electrons. The van der Waals surface area contributed by atoms with Gasteiger partial charge in [-0.25, -0.2) is 0 Å². The second-order valence-corrected chi connectivity index (χ2v) is 7.16. The van der Waals surface area contributed by atoms with Crippen LogP contribution in [0.25, 0.3) is 0 Å². The standard InChI is InChI=1S/C18H28N4O4/c1-25-12-15-20-16(26-21-15)6-9-19-17(23)13-7-10-22(11-8-13)18(24)14-4-2-3-5-14/h13-14H,2-12H2,1H3,(H,19,23). The van der Waals surface area contributed by atoms with E-state index in [1.807, 2.05) is 4.90 Å². The molecule has 2 heterocycles. The number of ether oxygens (including phenoxy) is 1. The van der Waals surface area contributed by atoms with Gasteiger partial charge in [-0.15, -0.1) is 0 Å². The van der Waals surface area contributed by atoms with Crippen LogP contribution in [0, 0.1) is 11.8 Å². The van der Waals surface area contributed by atoms with E-state index >= 15 is 0 Å². The van der Waals surface area contributed by atoms with Crippen molar-refractivity contribution in [3.8, 4) is 0 Å². The van der Waals surface area contributed by atoms with Gasteiger partial charge >= 0.3 is 0 Å². The van der Waals surface area contributed by atoms with Gasteiger partial charge in [0.25, 0.3) is 0 Å². The number of carbonyl (C=O) groups is 2. The van der Waals surface area contributed by atoms with Crippen LogP contribution in [0.2, 0.25) is 0 Å². The lowest BCUT2D eigenvalue weighted by Gasteiger charge is -2.33. The van der Waals surface area contributed by atoms with E-state index in [0.717, 1.165) is 25.7 Å². The third-order valence-corrected chi connectivity index (χ3v) is 5.30. The summed E-state index contributed by atoms with van der Waals surface area (Å²) >= 11 is 0. The molecule has 0 atom stereocenters. The Morgan fingerprint density at radius 2 is 1.92 bits per heavy atom. The second-order valence-electron chi connectivity index (χ2n) is 7.16. The Hall–Kier alpha value is -1.96. The molecule has 8 heteroatoms. The van der Waals surface area contributed by atoms with Crippen molar-refractivity contribution in [3.63, 3.8) is 0 Å². The first-order chi connectivity index (χ1) is 12.7. The number of hydrogen-bond donors (Lipinski definition) is 1. The Morgan fingerprint density at radius 1 is 1.19 bits per heavy atom. The first-order valence-electron chi connectivity index (χ1n) is 9.54. The molecule has 2 amide bonds. The highest BCUT2D eigenvalue weighted by Crippen LogP contribution is 2.28. The van der Waals surface area contributed by atoms with E-state index in [1.165, 1.54) is 12.8 Å². The van der Waals surface area contributed by atoms with Crippen LogP contribution in [-0.2, 0) is 27.4 Å². The number of aromatic nitrogens is 2. The average molecular weight is 364 g/mol. The highest BCUT2D eigenvalue weighted by molar-refractivity contribution is 5.81. The van der Waals surface area contributed by atoms with Gasteiger partial charge in [0.2, 0.25) is 17.7 Å². The number of piperidine rings is 1. The normalized spacial score (nSPS) is 19.0. The first kappa shape index (κ1) is 18.8. The molecule has 1 aliphatic heterocycles. The molecule has 1 saturated heterocycles. The van der Waals surface area contributed by atoms with Crippen molar-refractivity contribution in [2.75, 3.05) is 26.7 Å². The second kappa shape index (κ2) is 9.12. The van der Waals surface area contributed by atoms with E-state index < -0.39 is 0 Å². The number of carbonyl (C=O) groups excluding carboxylic acids is 2. The Kier molecular flexibility index (Phi) is 6.60. The van der Waals surface area contributed by atoms with E-state index in [9.17, 15) is 9.59 Å². The summed E-state index contributed by atoms with van der Waals surface area (Å²) in [4.78, 5) is 30.9. The largest absolute Gasteiger partial charge is 0.377 e. The van der Waals surface area contributed by atoms with Crippen LogP contribution < -0.4 is 5.32 Å². The van der Waals surface area contributed by atoms with Gasteiger partial charge < -0.3 is 19.5 Å². The molecule has 0 unspecified atom stereocenters. The zero-order valence-electron chi connectivity index (χ0n) is 15.4. The molecule has 0 aromatic carbocycles. The molecule has 0 radical (unpaired) electrons. The van der Waals surface area contributed by atoms with Crippen LogP contribution in [0.1, 0.15) is 50.2 Å². The van der Waals surface area contributed by atoms with E-state index in [1.54, 1.807) is 7.11 Å². The van der Waals surface area contributed by atoms with Gasteiger partial charge in [-0.2, -0.15) is 4.98 Å². The summed E-state index contributed by atoms with van der Waals surface area (Å²) in [5.41, 5.74) is 0. The average Bonchev–Trinajstić information content (AvgIpc) is 3.34. The Bertz CT molecular complexity index is 604. The van der Waals surface area contributed by atoms with E-state index in [2.05, 4.69) is 15.5 Å². The van der Waals surface area contributed by atoms with Crippen LogP contribution in [0.4, 0.5) is 0 Å². The van der Waals surface area contributed by atoms with Crippen molar-refractivity contribution < 1.29 is 18.8 Å². The molecule has 0 spiro atoms. The molecule has 2 fully saturated rings. The minimum absolute atomic E-state index is 0.0191. The zero-order valence-corrected chi connectivity index (χ0v) is 15.4. The van der Waals surface area contributed by atoms with E-state index in [0.29, 0.717) is 50.3 Å². The van der Waals surface area contributed by atoms with Crippen molar-refractivity contribution in [2.45, 2.75) is 51.6 Å². The van der Waals surface area contributed by atoms with Gasteiger partial charge in [0.15, 0.2) is 5.82 Å². The summed E-state index contributed by atoms with van der Waals surface area (Å²) in [6, 6.07) is 0. The third kappa shape index (κ3) is 4.81. The quantitative estimate of drug-likeness (QED) is 0.783. The molecule has 0 bridgehead atoms. The molecule has 1 aromatic rings. The fourth-order valence-corrected chi connectivity index (χ4v) is 3.81. The molecule has 8 nitrogen and oxygen atoms in total. The van der Waals surface area contributed by atoms with Crippen LogP contribution in [0.3, 0.4) is 0 Å². The minimum Gasteiger partial charge on any atom is -0.377 e. The maximum Gasteiger partial charge on any atom is 0.228 e. The van der Waals surface area contributed by atoms with Gasteiger partial charge in [0.1, 0.15) is 6.61 Å². The molecule has 3 rings (SSSR count). The summed E-state index contributed by atoms with van der Waals surface area (Å²) in [6.45, 7) is 2.16. The summed E-state index contributed by atoms with van der Waals surface area (Å²) < 4.78 is 10.0. The Labute approximate surface area is 153 Å². The van der Waals surface area contributed by atoms with Gasteiger partial charge in [-0.3, -0.25) is 9.59 Å². The maximum absolute atomic E-state index is 12.4. The summed E-state index contributed by atoms with van der Waals surface area (Å²) in [6.07, 6.45) is 6.37. The number of nitrogens with zero attached hydrogens (tertiary/aromatic N) is 3. The number of amides is 2. The fourth-order valence-electron chi connectivity index (χ4n) is 3.81. The number of methoxy groups -OCH3 is 1. The lowest BCUT2D eigenvalue weighted by molar-refractivity contribution is -0.139. The smallest absolute Gasteiger partial charge is 0.228 e. The monoisotopic (exact) mass is 364 g/mol. The summed E-state index contributed by atoms with van der Waals surface area (Å²) in [7, 11) is 1.57. The molecule has 1 aromatic heterocycles. The molecular formula is C18H28N4O4. The Morgan fingerprint density at radius 3 is 2.62 bits per heavy atom. The van der Waals surface area contributed by atoms with Crippen molar-refractivity contribution >= 4 is 11.8 Å².